The highest BCUT2D eigenvalue weighted by molar-refractivity contribution is 6.35. The summed E-state index contributed by atoms with van der Waals surface area (Å²) in [5, 5.41) is 4.31. The van der Waals surface area contributed by atoms with Crippen molar-refractivity contribution in [2.45, 2.75) is 13.0 Å². The second-order valence-electron chi connectivity index (χ2n) is 5.78. The summed E-state index contributed by atoms with van der Waals surface area (Å²) in [5.41, 5.74) is 1.37. The summed E-state index contributed by atoms with van der Waals surface area (Å²) in [4.78, 5) is 31.3. The quantitative estimate of drug-likeness (QED) is 0.645. The van der Waals surface area contributed by atoms with Gasteiger partial charge in [0, 0.05) is 38.9 Å². The highest BCUT2D eigenvalue weighted by Gasteiger charge is 2.10. The van der Waals surface area contributed by atoms with Crippen LogP contribution in [0, 0.1) is 0 Å². The lowest BCUT2D eigenvalue weighted by Gasteiger charge is -2.08. The fourth-order valence-electron chi connectivity index (χ4n) is 2.40. The molecule has 27 heavy (non-hydrogen) atoms. The number of halogens is 3. The standard InChI is InChI=1S/C19H14Cl3N3O2/c20-14-4-1-11(2-5-14)18-24-10-13(19(27)25-18)7-17(26)23-9-12-3-6-15(21)8-16(12)22/h1-6,8,10H,7,9H2,(H,23,26)(H,24,25,27). The van der Waals surface area contributed by atoms with E-state index in [1.165, 1.54) is 6.20 Å². The molecule has 0 aliphatic rings. The lowest BCUT2D eigenvalue weighted by atomic mass is 10.2. The van der Waals surface area contributed by atoms with Crippen molar-refractivity contribution < 1.29 is 4.79 Å². The number of amides is 1. The van der Waals surface area contributed by atoms with E-state index in [9.17, 15) is 9.59 Å². The fourth-order valence-corrected chi connectivity index (χ4v) is 3.00. The van der Waals surface area contributed by atoms with Gasteiger partial charge in [-0.2, -0.15) is 0 Å². The third-order valence-electron chi connectivity index (χ3n) is 3.83. The van der Waals surface area contributed by atoms with Crippen LogP contribution in [0.1, 0.15) is 11.1 Å². The van der Waals surface area contributed by atoms with E-state index in [0.717, 1.165) is 11.1 Å². The van der Waals surface area contributed by atoms with Gasteiger partial charge in [0.15, 0.2) is 0 Å². The van der Waals surface area contributed by atoms with E-state index in [-0.39, 0.29) is 30.0 Å². The monoisotopic (exact) mass is 421 g/mol. The van der Waals surface area contributed by atoms with E-state index < -0.39 is 0 Å². The van der Waals surface area contributed by atoms with Crippen molar-refractivity contribution in [2.24, 2.45) is 0 Å². The van der Waals surface area contributed by atoms with Gasteiger partial charge < -0.3 is 10.3 Å². The third kappa shape index (κ3) is 5.10. The molecule has 0 fully saturated rings. The van der Waals surface area contributed by atoms with Gasteiger partial charge in [-0.1, -0.05) is 40.9 Å². The maximum Gasteiger partial charge on any atom is 0.254 e. The summed E-state index contributed by atoms with van der Waals surface area (Å²) in [5.74, 6) is 0.0985. The summed E-state index contributed by atoms with van der Waals surface area (Å²) in [6, 6.07) is 12.0. The van der Waals surface area contributed by atoms with Crippen molar-refractivity contribution in [1.82, 2.24) is 15.3 Å². The predicted molar refractivity (Wildman–Crippen MR) is 107 cm³/mol. The van der Waals surface area contributed by atoms with Gasteiger partial charge in [0.05, 0.1) is 6.42 Å². The molecule has 8 heteroatoms. The maximum absolute atomic E-state index is 12.2. The Morgan fingerprint density at radius 1 is 1.00 bits per heavy atom. The minimum atomic E-state index is -0.366. The van der Waals surface area contributed by atoms with Crippen LogP contribution in [0.25, 0.3) is 11.4 Å². The number of aromatic amines is 1. The summed E-state index contributed by atoms with van der Waals surface area (Å²) in [7, 11) is 0. The number of nitrogens with one attached hydrogen (secondary N) is 2. The van der Waals surface area contributed by atoms with Crippen molar-refractivity contribution in [3.63, 3.8) is 0 Å². The molecule has 0 spiro atoms. The first-order valence-electron chi connectivity index (χ1n) is 7.97. The van der Waals surface area contributed by atoms with Crippen LogP contribution in [-0.4, -0.2) is 15.9 Å². The molecule has 2 N–H and O–H groups in total. The Labute approximate surface area is 170 Å². The van der Waals surface area contributed by atoms with Crippen LogP contribution >= 0.6 is 34.8 Å². The molecule has 0 aliphatic heterocycles. The Morgan fingerprint density at radius 3 is 2.37 bits per heavy atom. The van der Waals surface area contributed by atoms with Crippen LogP contribution in [0.3, 0.4) is 0 Å². The smallest absolute Gasteiger partial charge is 0.254 e. The molecule has 3 rings (SSSR count). The average Bonchev–Trinajstić information content (AvgIpc) is 2.63. The second kappa shape index (κ2) is 8.57. The highest BCUT2D eigenvalue weighted by atomic mass is 35.5. The van der Waals surface area contributed by atoms with Gasteiger partial charge in [0.25, 0.3) is 5.56 Å². The molecule has 1 heterocycles. The number of hydrogen-bond donors (Lipinski definition) is 2. The number of benzene rings is 2. The Bertz CT molecular complexity index is 1030. The molecule has 0 saturated heterocycles. The molecule has 3 aromatic rings. The van der Waals surface area contributed by atoms with E-state index >= 15 is 0 Å². The van der Waals surface area contributed by atoms with Crippen LogP contribution < -0.4 is 10.9 Å². The molecule has 1 aromatic heterocycles. The number of nitrogens with zero attached hydrogens (tertiary/aromatic N) is 1. The number of carbonyl (C=O) groups is 1. The number of aromatic nitrogens is 2. The Kier molecular flexibility index (Phi) is 6.16. The van der Waals surface area contributed by atoms with Crippen LogP contribution in [-0.2, 0) is 17.8 Å². The van der Waals surface area contributed by atoms with Gasteiger partial charge in [0.2, 0.25) is 5.91 Å². The Morgan fingerprint density at radius 2 is 1.70 bits per heavy atom. The molecule has 5 nitrogen and oxygen atoms in total. The van der Waals surface area contributed by atoms with E-state index in [1.54, 1.807) is 42.5 Å². The van der Waals surface area contributed by atoms with E-state index in [0.29, 0.717) is 20.9 Å². The van der Waals surface area contributed by atoms with Crippen LogP contribution in [0.4, 0.5) is 0 Å². The first-order valence-corrected chi connectivity index (χ1v) is 9.10. The minimum Gasteiger partial charge on any atom is -0.352 e. The Balaban J connectivity index is 1.65. The van der Waals surface area contributed by atoms with E-state index in [1.807, 2.05) is 0 Å². The van der Waals surface area contributed by atoms with Crippen LogP contribution in [0.5, 0.6) is 0 Å². The highest BCUT2D eigenvalue weighted by Crippen LogP contribution is 2.20. The molecule has 0 bridgehead atoms. The zero-order valence-electron chi connectivity index (χ0n) is 13.9. The molecular formula is C19H14Cl3N3O2. The van der Waals surface area contributed by atoms with Crippen LogP contribution in [0.2, 0.25) is 15.1 Å². The normalized spacial score (nSPS) is 10.6. The van der Waals surface area contributed by atoms with Gasteiger partial charge in [0.1, 0.15) is 5.82 Å². The molecule has 1 amide bonds. The van der Waals surface area contributed by atoms with Gasteiger partial charge in [-0.15, -0.1) is 0 Å². The lowest BCUT2D eigenvalue weighted by molar-refractivity contribution is -0.120. The summed E-state index contributed by atoms with van der Waals surface area (Å²) in [6.45, 7) is 0.239. The number of carbonyl (C=O) groups excluding carboxylic acids is 1. The van der Waals surface area contributed by atoms with Crippen molar-refractivity contribution in [3.8, 4) is 11.4 Å². The third-order valence-corrected chi connectivity index (χ3v) is 4.67. The number of H-pyrrole nitrogens is 1. The van der Waals surface area contributed by atoms with Crippen molar-refractivity contribution >= 4 is 40.7 Å². The van der Waals surface area contributed by atoms with Crippen molar-refractivity contribution in [3.05, 3.63) is 85.2 Å². The van der Waals surface area contributed by atoms with Crippen molar-refractivity contribution in [2.75, 3.05) is 0 Å². The molecule has 0 radical (unpaired) electrons. The molecule has 0 saturated carbocycles. The zero-order chi connectivity index (χ0) is 19.4. The number of rotatable bonds is 5. The molecule has 0 unspecified atom stereocenters. The second-order valence-corrected chi connectivity index (χ2v) is 7.06. The summed E-state index contributed by atoms with van der Waals surface area (Å²) in [6.07, 6.45) is 1.31. The largest absolute Gasteiger partial charge is 0.352 e. The molecule has 0 atom stereocenters. The molecule has 138 valence electrons. The van der Waals surface area contributed by atoms with Gasteiger partial charge in [-0.05, 0) is 42.0 Å². The van der Waals surface area contributed by atoms with E-state index in [4.69, 9.17) is 34.8 Å². The lowest BCUT2D eigenvalue weighted by Crippen LogP contribution is -2.28. The topological polar surface area (TPSA) is 74.8 Å². The molecular weight excluding hydrogens is 409 g/mol. The zero-order valence-corrected chi connectivity index (χ0v) is 16.2. The Hall–Kier alpha value is -2.34. The first-order chi connectivity index (χ1) is 12.9. The van der Waals surface area contributed by atoms with Crippen LogP contribution in [0.15, 0.2) is 53.5 Å². The predicted octanol–water partition coefficient (Wildman–Crippen LogP) is 4.26. The fraction of sp³-hybridized carbons (Fsp3) is 0.105. The van der Waals surface area contributed by atoms with Crippen molar-refractivity contribution in [1.29, 1.82) is 0 Å². The van der Waals surface area contributed by atoms with Gasteiger partial charge in [-0.3, -0.25) is 9.59 Å². The summed E-state index contributed by atoms with van der Waals surface area (Å²) >= 11 is 17.8. The number of hydrogen-bond acceptors (Lipinski definition) is 3. The van der Waals surface area contributed by atoms with E-state index in [2.05, 4.69) is 15.3 Å². The average molecular weight is 423 g/mol. The minimum absolute atomic E-state index is 0.0888. The summed E-state index contributed by atoms with van der Waals surface area (Å²) < 4.78 is 0. The van der Waals surface area contributed by atoms with Gasteiger partial charge >= 0.3 is 0 Å². The first kappa shape index (κ1) is 19.4. The molecule has 0 aliphatic carbocycles. The SMILES string of the molecule is O=C(Cc1cnc(-c2ccc(Cl)cc2)[nH]c1=O)NCc1ccc(Cl)cc1Cl. The molecule has 2 aromatic carbocycles. The van der Waals surface area contributed by atoms with Gasteiger partial charge in [-0.25, -0.2) is 4.98 Å². The maximum atomic E-state index is 12.2.